The number of aliphatic hydroxyl groups is 1. The third-order valence-electron chi connectivity index (χ3n) is 2.94. The average molecular weight is 291 g/mol. The van der Waals surface area contributed by atoms with Crippen LogP contribution in [0.2, 0.25) is 0 Å². The molecule has 0 radical (unpaired) electrons. The smallest absolute Gasteiger partial charge is 0.240 e. The van der Waals surface area contributed by atoms with Gasteiger partial charge in [0.15, 0.2) is 0 Å². The van der Waals surface area contributed by atoms with Gasteiger partial charge in [0.1, 0.15) is 0 Å². The zero-order chi connectivity index (χ0) is 14.6. The van der Waals surface area contributed by atoms with Crippen LogP contribution >= 0.6 is 0 Å². The SMILES string of the molecule is Cc1cccc(S(=O)(=O)NCc2cccc(CO)c2)c1. The van der Waals surface area contributed by atoms with Crippen LogP contribution in [0.3, 0.4) is 0 Å². The Morgan fingerprint density at radius 2 is 1.75 bits per heavy atom. The number of nitrogens with one attached hydrogen (secondary N) is 1. The Morgan fingerprint density at radius 3 is 2.45 bits per heavy atom. The molecule has 0 aliphatic heterocycles. The van der Waals surface area contributed by atoms with Crippen molar-refractivity contribution in [3.05, 3.63) is 65.2 Å². The van der Waals surface area contributed by atoms with Crippen LogP contribution < -0.4 is 4.72 Å². The minimum absolute atomic E-state index is 0.0571. The van der Waals surface area contributed by atoms with Gasteiger partial charge in [0.25, 0.3) is 0 Å². The molecule has 0 spiro atoms. The van der Waals surface area contributed by atoms with Crippen molar-refractivity contribution < 1.29 is 13.5 Å². The second-order valence-electron chi connectivity index (χ2n) is 4.62. The molecular weight excluding hydrogens is 274 g/mol. The lowest BCUT2D eigenvalue weighted by Gasteiger charge is -2.08. The van der Waals surface area contributed by atoms with E-state index in [1.54, 1.807) is 36.4 Å². The maximum absolute atomic E-state index is 12.2. The van der Waals surface area contributed by atoms with Crippen LogP contribution in [0, 0.1) is 6.92 Å². The third kappa shape index (κ3) is 3.66. The predicted octanol–water partition coefficient (Wildman–Crippen LogP) is 1.97. The van der Waals surface area contributed by atoms with Crippen LogP contribution in [0.4, 0.5) is 0 Å². The number of sulfonamides is 1. The molecule has 0 bridgehead atoms. The number of hydrogen-bond acceptors (Lipinski definition) is 3. The molecule has 0 aromatic heterocycles. The van der Waals surface area contributed by atoms with E-state index >= 15 is 0 Å². The van der Waals surface area contributed by atoms with E-state index in [-0.39, 0.29) is 18.0 Å². The molecular formula is C15H17NO3S. The predicted molar refractivity (Wildman–Crippen MR) is 77.6 cm³/mol. The van der Waals surface area contributed by atoms with Crippen LogP contribution in [0.25, 0.3) is 0 Å². The minimum atomic E-state index is -3.51. The lowest BCUT2D eigenvalue weighted by Crippen LogP contribution is -2.23. The summed E-state index contributed by atoms with van der Waals surface area (Å²) in [7, 11) is -3.51. The first-order valence-electron chi connectivity index (χ1n) is 6.26. The Morgan fingerprint density at radius 1 is 1.05 bits per heavy atom. The average Bonchev–Trinajstić information content (AvgIpc) is 2.45. The summed E-state index contributed by atoms with van der Waals surface area (Å²) in [4.78, 5) is 0.260. The third-order valence-corrected chi connectivity index (χ3v) is 4.34. The summed E-state index contributed by atoms with van der Waals surface area (Å²) in [6, 6.07) is 13.9. The van der Waals surface area contributed by atoms with Crippen molar-refractivity contribution in [3.63, 3.8) is 0 Å². The van der Waals surface area contributed by atoms with E-state index in [0.29, 0.717) is 0 Å². The summed E-state index contributed by atoms with van der Waals surface area (Å²) >= 11 is 0. The fourth-order valence-electron chi connectivity index (χ4n) is 1.88. The summed E-state index contributed by atoms with van der Waals surface area (Å²) in [6.07, 6.45) is 0. The van der Waals surface area contributed by atoms with Gasteiger partial charge in [0, 0.05) is 6.54 Å². The summed E-state index contributed by atoms with van der Waals surface area (Å²) in [5, 5.41) is 9.06. The van der Waals surface area contributed by atoms with Gasteiger partial charge in [-0.2, -0.15) is 0 Å². The van der Waals surface area contributed by atoms with Crippen LogP contribution in [0.5, 0.6) is 0 Å². The van der Waals surface area contributed by atoms with Crippen molar-refractivity contribution in [1.29, 1.82) is 0 Å². The van der Waals surface area contributed by atoms with Gasteiger partial charge < -0.3 is 5.11 Å². The van der Waals surface area contributed by atoms with E-state index in [0.717, 1.165) is 16.7 Å². The number of aryl methyl sites for hydroxylation is 1. The molecule has 2 rings (SSSR count). The van der Waals surface area contributed by atoms with Gasteiger partial charge in [-0.15, -0.1) is 0 Å². The lowest BCUT2D eigenvalue weighted by molar-refractivity contribution is 0.281. The van der Waals surface area contributed by atoms with E-state index in [4.69, 9.17) is 5.11 Å². The molecule has 0 aliphatic rings. The Bertz CT molecular complexity index is 696. The molecule has 20 heavy (non-hydrogen) atoms. The topological polar surface area (TPSA) is 66.4 Å². The molecule has 106 valence electrons. The molecule has 2 N–H and O–H groups in total. The van der Waals surface area contributed by atoms with Crippen LogP contribution in [0.15, 0.2) is 53.4 Å². The van der Waals surface area contributed by atoms with Crippen molar-refractivity contribution in [3.8, 4) is 0 Å². The van der Waals surface area contributed by atoms with Crippen molar-refractivity contribution in [2.75, 3.05) is 0 Å². The molecule has 2 aromatic carbocycles. The number of hydrogen-bond donors (Lipinski definition) is 2. The normalized spacial score (nSPS) is 11.5. The minimum Gasteiger partial charge on any atom is -0.392 e. The molecule has 0 heterocycles. The van der Waals surface area contributed by atoms with E-state index in [1.165, 1.54) is 0 Å². The second-order valence-corrected chi connectivity index (χ2v) is 6.39. The number of rotatable bonds is 5. The van der Waals surface area contributed by atoms with E-state index in [2.05, 4.69) is 4.72 Å². The Hall–Kier alpha value is -1.69. The zero-order valence-electron chi connectivity index (χ0n) is 11.2. The van der Waals surface area contributed by atoms with Crippen molar-refractivity contribution in [1.82, 2.24) is 4.72 Å². The zero-order valence-corrected chi connectivity index (χ0v) is 12.0. The Balaban J connectivity index is 2.13. The van der Waals surface area contributed by atoms with Crippen LogP contribution in [-0.4, -0.2) is 13.5 Å². The summed E-state index contributed by atoms with van der Waals surface area (Å²) in [5.41, 5.74) is 2.47. The van der Waals surface area contributed by atoms with Crippen molar-refractivity contribution in [2.45, 2.75) is 25.0 Å². The molecule has 4 nitrogen and oxygen atoms in total. The van der Waals surface area contributed by atoms with Gasteiger partial charge in [-0.3, -0.25) is 0 Å². The highest BCUT2D eigenvalue weighted by atomic mass is 32.2. The first kappa shape index (κ1) is 14.7. The maximum Gasteiger partial charge on any atom is 0.240 e. The summed E-state index contributed by atoms with van der Waals surface area (Å²) in [6.45, 7) is 1.99. The van der Waals surface area contributed by atoms with Crippen LogP contribution in [-0.2, 0) is 23.2 Å². The van der Waals surface area contributed by atoms with Gasteiger partial charge in [-0.05, 0) is 35.7 Å². The lowest BCUT2D eigenvalue weighted by atomic mass is 10.1. The molecule has 0 fully saturated rings. The maximum atomic E-state index is 12.2. The summed E-state index contributed by atoms with van der Waals surface area (Å²) in [5.74, 6) is 0. The van der Waals surface area contributed by atoms with Crippen molar-refractivity contribution >= 4 is 10.0 Å². The highest BCUT2D eigenvalue weighted by Gasteiger charge is 2.13. The molecule has 0 amide bonds. The van der Waals surface area contributed by atoms with Gasteiger partial charge >= 0.3 is 0 Å². The van der Waals surface area contributed by atoms with Gasteiger partial charge in [-0.1, -0.05) is 36.4 Å². The monoisotopic (exact) mass is 291 g/mol. The van der Waals surface area contributed by atoms with Crippen LogP contribution in [0.1, 0.15) is 16.7 Å². The van der Waals surface area contributed by atoms with Gasteiger partial charge in [-0.25, -0.2) is 13.1 Å². The first-order valence-corrected chi connectivity index (χ1v) is 7.74. The van der Waals surface area contributed by atoms with E-state index < -0.39 is 10.0 Å². The standard InChI is InChI=1S/C15H17NO3S/c1-12-4-2-7-15(8-12)20(18,19)16-10-13-5-3-6-14(9-13)11-17/h2-9,16-17H,10-11H2,1H3. The number of aliphatic hydroxyl groups excluding tert-OH is 1. The first-order chi connectivity index (χ1) is 9.51. The highest BCUT2D eigenvalue weighted by Crippen LogP contribution is 2.12. The molecule has 0 atom stereocenters. The van der Waals surface area contributed by atoms with Gasteiger partial charge in [0.2, 0.25) is 10.0 Å². The number of benzene rings is 2. The van der Waals surface area contributed by atoms with E-state index in [1.807, 2.05) is 19.1 Å². The fourth-order valence-corrected chi connectivity index (χ4v) is 3.00. The Labute approximate surface area is 119 Å². The molecule has 2 aromatic rings. The van der Waals surface area contributed by atoms with Gasteiger partial charge in [0.05, 0.1) is 11.5 Å². The fraction of sp³-hybridized carbons (Fsp3) is 0.200. The largest absolute Gasteiger partial charge is 0.392 e. The molecule has 0 saturated heterocycles. The molecule has 0 saturated carbocycles. The Kier molecular flexibility index (Phi) is 4.54. The van der Waals surface area contributed by atoms with E-state index in [9.17, 15) is 8.42 Å². The highest BCUT2D eigenvalue weighted by molar-refractivity contribution is 7.89. The quantitative estimate of drug-likeness (QED) is 0.885. The molecule has 0 unspecified atom stereocenters. The molecule has 0 aliphatic carbocycles. The summed E-state index contributed by atoms with van der Waals surface area (Å²) < 4.78 is 26.9. The second kappa shape index (κ2) is 6.17. The molecule has 5 heteroatoms. The van der Waals surface area contributed by atoms with Crippen molar-refractivity contribution in [2.24, 2.45) is 0 Å².